The standard InChI is InChI=1S/C21H28N8O/c1-4-30-8-7-29-19-18(14(3)27-29)25-21(28-12-15-9-16(28)11-22-15)26-20(19)24-17-6-5-13(2)10-23-17/h5-6,10,15-16,22H,4,7-9,11-12H2,1-3H3,(H,23,24,25,26)/t15-,16-/m1/s1. The van der Waals surface area contributed by atoms with Crippen LogP contribution in [0.1, 0.15) is 24.6 Å². The van der Waals surface area contributed by atoms with Gasteiger partial charge in [-0.3, -0.25) is 4.68 Å². The summed E-state index contributed by atoms with van der Waals surface area (Å²) in [6, 6.07) is 4.99. The van der Waals surface area contributed by atoms with Crippen molar-refractivity contribution in [3.8, 4) is 0 Å². The van der Waals surface area contributed by atoms with Crippen molar-refractivity contribution < 1.29 is 4.74 Å². The molecule has 0 amide bonds. The Morgan fingerprint density at radius 2 is 2.17 bits per heavy atom. The molecule has 9 heteroatoms. The first-order chi connectivity index (χ1) is 14.6. The molecular formula is C21H28N8O. The number of hydrogen-bond donors (Lipinski definition) is 2. The van der Waals surface area contributed by atoms with Crippen LogP contribution in [0.15, 0.2) is 18.3 Å². The van der Waals surface area contributed by atoms with Gasteiger partial charge in [-0.05, 0) is 38.8 Å². The summed E-state index contributed by atoms with van der Waals surface area (Å²) >= 11 is 0. The topological polar surface area (TPSA) is 93.0 Å². The quantitative estimate of drug-likeness (QED) is 0.575. The summed E-state index contributed by atoms with van der Waals surface area (Å²) in [5.41, 5.74) is 3.78. The maximum absolute atomic E-state index is 5.56. The molecule has 2 fully saturated rings. The smallest absolute Gasteiger partial charge is 0.228 e. The summed E-state index contributed by atoms with van der Waals surface area (Å²) in [6.45, 7) is 9.88. The number of nitrogens with one attached hydrogen (secondary N) is 2. The number of aromatic nitrogens is 5. The second kappa shape index (κ2) is 7.81. The first-order valence-electron chi connectivity index (χ1n) is 10.6. The van der Waals surface area contributed by atoms with Crippen LogP contribution in [0.5, 0.6) is 0 Å². The van der Waals surface area contributed by atoms with Gasteiger partial charge in [0.2, 0.25) is 5.95 Å². The van der Waals surface area contributed by atoms with E-state index in [1.165, 1.54) is 0 Å². The van der Waals surface area contributed by atoms with Crippen LogP contribution >= 0.6 is 0 Å². The number of ether oxygens (including phenoxy) is 1. The lowest BCUT2D eigenvalue weighted by Gasteiger charge is -2.27. The van der Waals surface area contributed by atoms with Crippen LogP contribution in [0.25, 0.3) is 11.0 Å². The van der Waals surface area contributed by atoms with Gasteiger partial charge in [-0.2, -0.15) is 10.1 Å². The molecule has 5 rings (SSSR count). The van der Waals surface area contributed by atoms with Crippen LogP contribution < -0.4 is 15.5 Å². The fourth-order valence-corrected chi connectivity index (χ4v) is 4.36. The van der Waals surface area contributed by atoms with E-state index in [0.717, 1.165) is 59.4 Å². The van der Waals surface area contributed by atoms with Crippen molar-refractivity contribution in [3.63, 3.8) is 0 Å². The lowest BCUT2D eigenvalue weighted by molar-refractivity contribution is 0.137. The normalized spacial score (nSPS) is 20.4. The molecule has 3 aromatic rings. The van der Waals surface area contributed by atoms with E-state index in [9.17, 15) is 0 Å². The monoisotopic (exact) mass is 408 g/mol. The number of pyridine rings is 1. The van der Waals surface area contributed by atoms with Gasteiger partial charge in [0, 0.05) is 38.0 Å². The third-order valence-electron chi connectivity index (χ3n) is 5.87. The summed E-state index contributed by atoms with van der Waals surface area (Å²) in [4.78, 5) is 16.7. The minimum atomic E-state index is 0.450. The van der Waals surface area contributed by atoms with Gasteiger partial charge in [0.15, 0.2) is 5.82 Å². The fraction of sp³-hybridized carbons (Fsp3) is 0.524. The Labute approximate surface area is 175 Å². The van der Waals surface area contributed by atoms with Crippen molar-refractivity contribution in [2.24, 2.45) is 0 Å². The number of aryl methyl sites for hydroxylation is 2. The first kappa shape index (κ1) is 19.2. The summed E-state index contributed by atoms with van der Waals surface area (Å²) in [5, 5.41) is 11.7. The molecule has 158 valence electrons. The van der Waals surface area contributed by atoms with Crippen LogP contribution in [-0.4, -0.2) is 63.1 Å². The minimum absolute atomic E-state index is 0.450. The highest BCUT2D eigenvalue weighted by Crippen LogP contribution is 2.32. The number of hydrogen-bond acceptors (Lipinski definition) is 8. The van der Waals surface area contributed by atoms with Gasteiger partial charge in [0.05, 0.1) is 18.8 Å². The Bertz CT molecular complexity index is 1050. The SMILES string of the molecule is CCOCCn1nc(C)c2nc(N3C[C@H]4C[C@@H]3CN4)nc(Nc3ccc(C)cn3)c21. The van der Waals surface area contributed by atoms with Gasteiger partial charge < -0.3 is 20.3 Å². The van der Waals surface area contributed by atoms with Gasteiger partial charge in [0.25, 0.3) is 0 Å². The molecule has 5 heterocycles. The van der Waals surface area contributed by atoms with Gasteiger partial charge in [-0.25, -0.2) is 9.97 Å². The molecule has 9 nitrogen and oxygen atoms in total. The van der Waals surface area contributed by atoms with Crippen molar-refractivity contribution in [3.05, 3.63) is 29.6 Å². The highest BCUT2D eigenvalue weighted by atomic mass is 16.5. The predicted molar refractivity (Wildman–Crippen MR) is 116 cm³/mol. The molecule has 0 saturated carbocycles. The highest BCUT2D eigenvalue weighted by Gasteiger charge is 2.39. The van der Waals surface area contributed by atoms with Crippen molar-refractivity contribution in [1.29, 1.82) is 0 Å². The molecule has 2 aliphatic rings. The van der Waals surface area contributed by atoms with E-state index in [0.29, 0.717) is 31.8 Å². The summed E-state index contributed by atoms with van der Waals surface area (Å²) < 4.78 is 7.50. The molecule has 0 radical (unpaired) electrons. The number of nitrogens with zero attached hydrogens (tertiary/aromatic N) is 6. The van der Waals surface area contributed by atoms with Gasteiger partial charge in [0.1, 0.15) is 16.9 Å². The Morgan fingerprint density at radius 1 is 1.27 bits per heavy atom. The molecule has 0 aliphatic carbocycles. The number of anilines is 3. The van der Waals surface area contributed by atoms with Crippen molar-refractivity contribution in [1.82, 2.24) is 30.0 Å². The Balaban J connectivity index is 1.58. The van der Waals surface area contributed by atoms with Crippen LogP contribution in [0, 0.1) is 13.8 Å². The molecule has 0 unspecified atom stereocenters. The summed E-state index contributed by atoms with van der Waals surface area (Å²) in [7, 11) is 0. The molecule has 2 bridgehead atoms. The van der Waals surface area contributed by atoms with E-state index >= 15 is 0 Å². The molecule has 0 aromatic carbocycles. The van der Waals surface area contributed by atoms with E-state index in [1.54, 1.807) is 0 Å². The first-order valence-corrected chi connectivity index (χ1v) is 10.6. The van der Waals surface area contributed by atoms with Gasteiger partial charge in [-0.1, -0.05) is 6.07 Å². The van der Waals surface area contributed by atoms with Crippen LogP contribution in [0.2, 0.25) is 0 Å². The molecule has 3 aromatic heterocycles. The van der Waals surface area contributed by atoms with Crippen molar-refractivity contribution >= 4 is 28.6 Å². The molecule has 2 aliphatic heterocycles. The highest BCUT2D eigenvalue weighted by molar-refractivity contribution is 5.90. The molecular weight excluding hydrogens is 380 g/mol. The van der Waals surface area contributed by atoms with Crippen LogP contribution in [-0.2, 0) is 11.3 Å². The Morgan fingerprint density at radius 3 is 2.87 bits per heavy atom. The maximum atomic E-state index is 5.56. The second-order valence-electron chi connectivity index (χ2n) is 8.07. The Kier molecular flexibility index (Phi) is 5.00. The van der Waals surface area contributed by atoms with Gasteiger partial charge >= 0.3 is 0 Å². The lowest BCUT2D eigenvalue weighted by atomic mass is 10.2. The third-order valence-corrected chi connectivity index (χ3v) is 5.87. The minimum Gasteiger partial charge on any atom is -0.380 e. The van der Waals surface area contributed by atoms with E-state index in [1.807, 2.05) is 43.8 Å². The lowest BCUT2D eigenvalue weighted by Crippen LogP contribution is -2.44. The van der Waals surface area contributed by atoms with E-state index in [-0.39, 0.29) is 0 Å². The average Bonchev–Trinajstić information content (AvgIpc) is 3.45. The van der Waals surface area contributed by atoms with Crippen LogP contribution in [0.3, 0.4) is 0 Å². The zero-order valence-corrected chi connectivity index (χ0v) is 17.7. The van der Waals surface area contributed by atoms with E-state index < -0.39 is 0 Å². The molecule has 2 N–H and O–H groups in total. The molecule has 30 heavy (non-hydrogen) atoms. The summed E-state index contributed by atoms with van der Waals surface area (Å²) in [6.07, 6.45) is 3.00. The molecule has 2 saturated heterocycles. The maximum Gasteiger partial charge on any atom is 0.228 e. The zero-order chi connectivity index (χ0) is 20.7. The number of rotatable bonds is 7. The van der Waals surface area contributed by atoms with Crippen molar-refractivity contribution in [2.45, 2.75) is 45.8 Å². The number of piperazine rings is 1. The van der Waals surface area contributed by atoms with Crippen molar-refractivity contribution in [2.75, 3.05) is 36.5 Å². The summed E-state index contributed by atoms with van der Waals surface area (Å²) in [5.74, 6) is 2.25. The van der Waals surface area contributed by atoms with E-state index in [2.05, 4.69) is 20.5 Å². The zero-order valence-electron chi connectivity index (χ0n) is 17.7. The predicted octanol–water partition coefficient (Wildman–Crippen LogP) is 2.17. The third kappa shape index (κ3) is 3.48. The van der Waals surface area contributed by atoms with Crippen LogP contribution in [0.4, 0.5) is 17.6 Å². The largest absolute Gasteiger partial charge is 0.380 e. The second-order valence-corrected chi connectivity index (χ2v) is 8.07. The average molecular weight is 409 g/mol. The van der Waals surface area contributed by atoms with E-state index in [4.69, 9.17) is 19.8 Å². The Hall–Kier alpha value is -2.78. The fourth-order valence-electron chi connectivity index (χ4n) is 4.36. The molecule has 2 atom stereocenters. The molecule has 0 spiro atoms. The number of fused-ring (bicyclic) bond motifs is 3. The van der Waals surface area contributed by atoms with Gasteiger partial charge in [-0.15, -0.1) is 0 Å².